The third-order valence-corrected chi connectivity index (χ3v) is 15.1. The van der Waals surface area contributed by atoms with Gasteiger partial charge in [-0.15, -0.1) is 0 Å². The van der Waals surface area contributed by atoms with Crippen molar-refractivity contribution < 1.29 is 60.8 Å². The van der Waals surface area contributed by atoms with E-state index in [1.165, 1.54) is 40.6 Å². The van der Waals surface area contributed by atoms with Crippen molar-refractivity contribution in [3.05, 3.63) is 96.5 Å². The number of hydrogen-bond donors (Lipinski definition) is 7. The van der Waals surface area contributed by atoms with Crippen LogP contribution in [0.25, 0.3) is 0 Å². The summed E-state index contributed by atoms with van der Waals surface area (Å²) in [6, 6.07) is 9.64. The van der Waals surface area contributed by atoms with E-state index in [2.05, 4.69) is 15.7 Å². The molecule has 27 heteroatoms. The fourth-order valence-corrected chi connectivity index (χ4v) is 10.0. The molecule has 0 radical (unpaired) electrons. The summed E-state index contributed by atoms with van der Waals surface area (Å²) >= 11 is 0. The van der Waals surface area contributed by atoms with Crippen LogP contribution < -0.4 is 42.7 Å². The first-order valence-electron chi connectivity index (χ1n) is 21.5. The van der Waals surface area contributed by atoms with Gasteiger partial charge in [-0.05, 0) is 53.7 Å². The monoisotopic (exact) mass is 1040 g/mol. The van der Waals surface area contributed by atoms with Gasteiger partial charge in [0.1, 0.15) is 20.3 Å². The largest absolute Gasteiger partial charge is 0.462 e. The standard InChI is InChI=1S/C17H28FN3O8P2.C13H21N2O3P.C11H15FN2O4.CH4/c1-9(2)28-14(23)11(4)20-31(26,30-25)27-8-12-10(3)17(5,18)15(29-12)21-7-6-13(22)19-16(21)24;1-10(2)13(16)11(3)14-15-19(4,17)18-12-8-6-5-7-9-12;1-6-7(5-15)18-9(11(6,2)12)14-4-3-8(16)13-10(14)17;/h6-7,9-12,15,25,30H,8H2,1-5H3,(H,20,26)(H,19,22,24);5-11,14H,1-4H3,(H,15,17);3-4,6-7,9,15H,5H2,1-2H3,(H,13,16,17);1H4/t10-,11+,12-,15-,17-,31-;11-,19-;6-,7-,9-,11-;/m101./s1. The van der Waals surface area contributed by atoms with Crippen molar-refractivity contribution in [3.8, 4) is 5.75 Å². The second-order valence-corrected chi connectivity index (χ2v) is 23.5. The summed E-state index contributed by atoms with van der Waals surface area (Å²) in [6.45, 7) is 16.6. The molecule has 2 saturated heterocycles. The number of carbonyl (C=O) groups is 2. The lowest BCUT2D eigenvalue weighted by atomic mass is 9.90. The van der Waals surface area contributed by atoms with Gasteiger partial charge in [0.25, 0.3) is 11.1 Å². The second-order valence-electron chi connectivity index (χ2n) is 17.2. The number of benzene rings is 1. The van der Waals surface area contributed by atoms with Gasteiger partial charge in [-0.3, -0.25) is 47.4 Å². The highest BCUT2D eigenvalue weighted by Crippen LogP contribution is 2.60. The Bertz CT molecular complexity index is 2490. The van der Waals surface area contributed by atoms with Gasteiger partial charge in [-0.25, -0.2) is 28.9 Å². The maximum atomic E-state index is 15.4. The van der Waals surface area contributed by atoms with E-state index >= 15 is 4.39 Å². The molecular weight excluding hydrogens is 973 g/mol. The van der Waals surface area contributed by atoms with E-state index in [0.717, 1.165) is 27.5 Å². The molecule has 5 rings (SSSR count). The highest BCUT2D eigenvalue weighted by molar-refractivity contribution is 8.19. The summed E-state index contributed by atoms with van der Waals surface area (Å²) in [5, 5.41) is 14.2. The quantitative estimate of drug-likeness (QED) is 0.0525. The summed E-state index contributed by atoms with van der Waals surface area (Å²) in [7, 11) is -8.10. The lowest BCUT2D eigenvalue weighted by molar-refractivity contribution is -0.149. The molecule has 13 atom stereocenters. The SMILES string of the molecule is C.CC(C)C(=O)[C@H](C)NN[P@@](C)(=O)Oc1ccccc1.CC(C)OC(=O)[C@H](C)N[P@@](=O)(OC[C@H]1O[C@@H](n2ccc(=O)[nH]c2=O)[C@](C)(F)[C@@H]1C)PO.C[C@@H]1[C@@H](CO)O[C@@H](n2ccc(=O)[nH]c2=O)[C@]1(C)F. The van der Waals surface area contributed by atoms with E-state index in [4.69, 9.17) is 28.4 Å². The number of halogens is 2. The predicted molar refractivity (Wildman–Crippen MR) is 256 cm³/mol. The van der Waals surface area contributed by atoms with Crippen molar-refractivity contribution >= 4 is 35.0 Å². The Kier molecular flexibility index (Phi) is 22.9. The Balaban J connectivity index is 0.000000372. The van der Waals surface area contributed by atoms with E-state index in [9.17, 15) is 47.2 Å². The van der Waals surface area contributed by atoms with Crippen LogP contribution in [0.1, 0.15) is 89.1 Å². The summed E-state index contributed by atoms with van der Waals surface area (Å²) in [6.07, 6.45) is -2.18. The van der Waals surface area contributed by atoms with Crippen LogP contribution >= 0.6 is 23.2 Å². The number of rotatable bonds is 18. The molecule has 3 aromatic rings. The van der Waals surface area contributed by atoms with Crippen LogP contribution in [0.3, 0.4) is 0 Å². The summed E-state index contributed by atoms with van der Waals surface area (Å²) in [5.74, 6) is -1.54. The number of hydrogen-bond acceptors (Lipinski definition) is 16. The van der Waals surface area contributed by atoms with Crippen LogP contribution in [0.5, 0.6) is 5.75 Å². The molecule has 22 nitrogen and oxygen atoms in total. The average molecular weight is 1040 g/mol. The van der Waals surface area contributed by atoms with E-state index in [0.29, 0.717) is 5.75 Å². The lowest BCUT2D eigenvalue weighted by Gasteiger charge is -2.26. The molecule has 2 aromatic heterocycles. The van der Waals surface area contributed by atoms with Crippen LogP contribution in [0, 0.1) is 17.8 Å². The first-order chi connectivity index (χ1) is 31.5. The first-order valence-corrected chi connectivity index (χ1v) is 26.9. The molecule has 0 saturated carbocycles. The molecular formula is C42H68F2N7O15P3. The second kappa shape index (κ2) is 25.9. The maximum absolute atomic E-state index is 15.4. The molecule has 7 N–H and O–H groups in total. The molecule has 390 valence electrons. The number of nitrogens with zero attached hydrogens (tertiary/aromatic N) is 2. The van der Waals surface area contributed by atoms with Gasteiger partial charge in [0, 0.05) is 48.9 Å². The summed E-state index contributed by atoms with van der Waals surface area (Å²) in [4.78, 5) is 83.2. The number of para-hydroxylation sites is 1. The zero-order valence-electron chi connectivity index (χ0n) is 39.6. The number of aliphatic hydroxyl groups is 1. The molecule has 0 spiro atoms. The van der Waals surface area contributed by atoms with Crippen molar-refractivity contribution in [2.75, 3.05) is 19.9 Å². The Labute approximate surface area is 400 Å². The topological polar surface area (TPSA) is 301 Å². The Morgan fingerprint density at radius 3 is 1.74 bits per heavy atom. The van der Waals surface area contributed by atoms with Gasteiger partial charge in [-0.2, -0.15) is 5.20 Å². The smallest absolute Gasteiger partial charge is 0.330 e. The number of aromatic nitrogens is 4. The average Bonchev–Trinajstić information content (AvgIpc) is 3.63. The number of aliphatic hydroxyl groups excluding tert-OH is 1. The molecule has 0 bridgehead atoms. The highest BCUT2D eigenvalue weighted by atomic mass is 32.1. The zero-order chi connectivity index (χ0) is 51.5. The van der Waals surface area contributed by atoms with Gasteiger partial charge in [0.05, 0.1) is 37.6 Å². The molecule has 1 unspecified atom stereocenters. The Hall–Kier alpha value is -4.05. The molecule has 0 aliphatic carbocycles. The molecule has 4 heterocycles. The fraction of sp³-hybridized carbons (Fsp3) is 0.619. The van der Waals surface area contributed by atoms with Gasteiger partial charge < -0.3 is 33.3 Å². The van der Waals surface area contributed by atoms with Gasteiger partial charge in [0.15, 0.2) is 29.6 Å². The van der Waals surface area contributed by atoms with E-state index in [1.54, 1.807) is 52.0 Å². The molecule has 2 aliphatic heterocycles. The zero-order valence-corrected chi connectivity index (χ0v) is 42.4. The minimum Gasteiger partial charge on any atom is -0.462 e. The molecule has 1 aromatic carbocycles. The number of ketones is 1. The lowest BCUT2D eigenvalue weighted by Crippen LogP contribution is -2.44. The third-order valence-electron chi connectivity index (χ3n) is 11.0. The summed E-state index contributed by atoms with van der Waals surface area (Å²) in [5.41, 5.74) is -3.85. The minimum atomic E-state index is -3.87. The number of ether oxygens (including phenoxy) is 3. The van der Waals surface area contributed by atoms with Crippen LogP contribution in [0.4, 0.5) is 8.78 Å². The number of carbonyl (C=O) groups excluding carboxylic acids is 2. The van der Waals surface area contributed by atoms with Gasteiger partial charge in [0.2, 0.25) is 0 Å². The van der Waals surface area contributed by atoms with E-state index in [-0.39, 0.29) is 38.4 Å². The van der Waals surface area contributed by atoms with Gasteiger partial charge >= 0.3 is 32.1 Å². The number of hydrazine groups is 1. The van der Waals surface area contributed by atoms with Crippen molar-refractivity contribution in [3.63, 3.8) is 0 Å². The summed E-state index contributed by atoms with van der Waals surface area (Å²) < 4.78 is 83.7. The van der Waals surface area contributed by atoms with Crippen molar-refractivity contribution in [1.29, 1.82) is 0 Å². The molecule has 69 heavy (non-hydrogen) atoms. The number of nitrogens with one attached hydrogen (secondary N) is 5. The highest BCUT2D eigenvalue weighted by Gasteiger charge is 2.54. The van der Waals surface area contributed by atoms with Crippen LogP contribution in [0.15, 0.2) is 74.0 Å². The van der Waals surface area contributed by atoms with Crippen molar-refractivity contribution in [2.45, 2.75) is 131 Å². The predicted octanol–water partition coefficient (Wildman–Crippen LogP) is 4.46. The number of aromatic amines is 2. The van der Waals surface area contributed by atoms with Crippen molar-refractivity contribution in [2.24, 2.45) is 17.8 Å². The van der Waals surface area contributed by atoms with Gasteiger partial charge in [-0.1, -0.05) is 53.3 Å². The molecule has 2 aliphatic rings. The number of esters is 1. The van der Waals surface area contributed by atoms with E-state index in [1.807, 2.05) is 29.9 Å². The first kappa shape index (κ1) is 61.1. The Morgan fingerprint density at radius 1 is 0.841 bits per heavy atom. The number of H-pyrrole nitrogens is 2. The molecule has 0 amide bonds. The minimum absolute atomic E-state index is 0. The third kappa shape index (κ3) is 16.8. The van der Waals surface area contributed by atoms with Crippen molar-refractivity contribution in [1.82, 2.24) is 34.8 Å². The van der Waals surface area contributed by atoms with Crippen LogP contribution in [0.2, 0.25) is 0 Å². The number of Topliss-reactive ketones (excluding diaryl/α,β-unsaturated/α-hetero) is 1. The van der Waals surface area contributed by atoms with E-state index < -0.39 is 112 Å². The Morgan fingerprint density at radius 2 is 1.32 bits per heavy atom. The number of alkyl halides is 2. The van der Waals surface area contributed by atoms with Crippen LogP contribution in [-0.4, -0.2) is 102 Å². The van der Waals surface area contributed by atoms with Crippen LogP contribution in [-0.2, 0) is 37.5 Å². The fourth-order valence-electron chi connectivity index (χ4n) is 6.70. The normalized spacial score (nSPS) is 26.9. The maximum Gasteiger partial charge on any atom is 0.330 e. The molecule has 2 fully saturated rings.